The number of ether oxygens (including phenoxy) is 1. The molecule has 1 rings (SSSR count). The summed E-state index contributed by atoms with van der Waals surface area (Å²) in [6, 6.07) is 0. The molecule has 0 amide bonds. The number of rotatable bonds is 1. The molecular weight excluding hydrogens is 128 g/mol. The van der Waals surface area contributed by atoms with Gasteiger partial charge >= 0.3 is 5.97 Å². The fraction of sp³-hybridized carbons (Fsp3) is 0.625. The van der Waals surface area contributed by atoms with E-state index in [1.165, 1.54) is 0 Å². The van der Waals surface area contributed by atoms with Gasteiger partial charge in [0, 0.05) is 12.8 Å². The second-order valence-corrected chi connectivity index (χ2v) is 2.80. The van der Waals surface area contributed by atoms with E-state index >= 15 is 0 Å². The van der Waals surface area contributed by atoms with E-state index in [4.69, 9.17) is 11.2 Å². The van der Waals surface area contributed by atoms with Gasteiger partial charge in [-0.2, -0.15) is 0 Å². The Balaban J connectivity index is 2.56. The van der Waals surface area contributed by atoms with E-state index in [1.54, 1.807) is 0 Å². The monoisotopic (exact) mass is 138 g/mol. The minimum absolute atomic E-state index is 0.127. The molecule has 0 aliphatic carbocycles. The minimum atomic E-state index is -0.369. The second kappa shape index (κ2) is 2.34. The van der Waals surface area contributed by atoms with E-state index in [1.807, 2.05) is 6.92 Å². The Hall–Kier alpha value is -0.970. The molecule has 1 aliphatic heterocycles. The van der Waals surface area contributed by atoms with Crippen LogP contribution in [0.2, 0.25) is 0 Å². The first-order chi connectivity index (χ1) is 4.66. The summed E-state index contributed by atoms with van der Waals surface area (Å²) in [5.74, 6) is 2.37. The normalized spacial score (nSPS) is 31.4. The van der Waals surface area contributed by atoms with Crippen molar-refractivity contribution in [1.29, 1.82) is 0 Å². The van der Waals surface area contributed by atoms with Crippen molar-refractivity contribution in [3.63, 3.8) is 0 Å². The maximum absolute atomic E-state index is 10.6. The highest BCUT2D eigenvalue weighted by Crippen LogP contribution is 2.28. The van der Waals surface area contributed by atoms with Crippen molar-refractivity contribution in [2.24, 2.45) is 0 Å². The molecule has 1 fully saturated rings. The number of cyclic esters (lactones) is 1. The van der Waals surface area contributed by atoms with Gasteiger partial charge in [-0.05, 0) is 13.3 Å². The van der Waals surface area contributed by atoms with Gasteiger partial charge in [0.1, 0.15) is 5.60 Å². The first-order valence-electron chi connectivity index (χ1n) is 3.32. The lowest BCUT2D eigenvalue weighted by molar-refractivity contribution is -0.146. The SMILES string of the molecule is C#CC[C@]1(C)CCC(=O)O1. The van der Waals surface area contributed by atoms with Gasteiger partial charge in [-0.15, -0.1) is 12.3 Å². The third-order valence-corrected chi connectivity index (χ3v) is 1.69. The molecule has 0 saturated carbocycles. The van der Waals surface area contributed by atoms with Crippen molar-refractivity contribution in [3.05, 3.63) is 0 Å². The summed E-state index contributed by atoms with van der Waals surface area (Å²) in [4.78, 5) is 10.6. The molecule has 0 aromatic heterocycles. The third kappa shape index (κ3) is 1.30. The summed E-state index contributed by atoms with van der Waals surface area (Å²) >= 11 is 0. The smallest absolute Gasteiger partial charge is 0.306 e. The Labute approximate surface area is 60.6 Å². The van der Waals surface area contributed by atoms with Crippen molar-refractivity contribution in [3.8, 4) is 12.3 Å². The Morgan fingerprint density at radius 3 is 3.00 bits per heavy atom. The van der Waals surface area contributed by atoms with Gasteiger partial charge in [0.2, 0.25) is 0 Å². The zero-order valence-corrected chi connectivity index (χ0v) is 6.02. The molecule has 0 N–H and O–H groups in total. The van der Waals surface area contributed by atoms with Crippen LogP contribution in [0.25, 0.3) is 0 Å². The van der Waals surface area contributed by atoms with Gasteiger partial charge in [0.25, 0.3) is 0 Å². The molecule has 1 heterocycles. The molecule has 1 atom stereocenters. The quantitative estimate of drug-likeness (QED) is 0.400. The van der Waals surface area contributed by atoms with Gasteiger partial charge in [-0.1, -0.05) is 0 Å². The first-order valence-corrected chi connectivity index (χ1v) is 3.32. The Bertz CT molecular complexity index is 190. The van der Waals surface area contributed by atoms with Crippen LogP contribution >= 0.6 is 0 Å². The lowest BCUT2D eigenvalue weighted by Crippen LogP contribution is -2.22. The highest BCUT2D eigenvalue weighted by Gasteiger charge is 2.34. The van der Waals surface area contributed by atoms with E-state index in [-0.39, 0.29) is 11.6 Å². The van der Waals surface area contributed by atoms with Crippen LogP contribution in [0.15, 0.2) is 0 Å². The maximum Gasteiger partial charge on any atom is 0.306 e. The van der Waals surface area contributed by atoms with Crippen LogP contribution in [0.5, 0.6) is 0 Å². The molecule has 0 aromatic carbocycles. The lowest BCUT2D eigenvalue weighted by Gasteiger charge is -2.18. The predicted octanol–water partition coefficient (Wildman–Crippen LogP) is 1.11. The zero-order chi connectivity index (χ0) is 7.61. The number of terminal acetylenes is 1. The minimum Gasteiger partial charge on any atom is -0.458 e. The van der Waals surface area contributed by atoms with Crippen molar-refractivity contribution in [1.82, 2.24) is 0 Å². The number of hydrogen-bond acceptors (Lipinski definition) is 2. The molecule has 0 spiro atoms. The van der Waals surface area contributed by atoms with E-state index in [9.17, 15) is 4.79 Å². The van der Waals surface area contributed by atoms with Gasteiger partial charge in [-0.25, -0.2) is 0 Å². The Kier molecular flexibility index (Phi) is 1.67. The van der Waals surface area contributed by atoms with Crippen molar-refractivity contribution in [2.75, 3.05) is 0 Å². The molecule has 54 valence electrons. The summed E-state index contributed by atoms with van der Waals surface area (Å²) in [7, 11) is 0. The molecule has 0 unspecified atom stereocenters. The molecule has 10 heavy (non-hydrogen) atoms. The van der Waals surface area contributed by atoms with Crippen molar-refractivity contribution < 1.29 is 9.53 Å². The van der Waals surface area contributed by atoms with Gasteiger partial charge in [-0.3, -0.25) is 4.79 Å². The van der Waals surface area contributed by atoms with Crippen LogP contribution in [0.1, 0.15) is 26.2 Å². The maximum atomic E-state index is 10.6. The molecule has 1 saturated heterocycles. The van der Waals surface area contributed by atoms with Crippen LogP contribution in [0, 0.1) is 12.3 Å². The Morgan fingerprint density at radius 1 is 1.90 bits per heavy atom. The van der Waals surface area contributed by atoms with E-state index < -0.39 is 0 Å². The molecule has 2 nitrogen and oxygen atoms in total. The summed E-state index contributed by atoms with van der Waals surface area (Å²) in [5.41, 5.74) is -0.369. The molecule has 2 heteroatoms. The third-order valence-electron chi connectivity index (χ3n) is 1.69. The number of carbonyl (C=O) groups is 1. The first kappa shape index (κ1) is 7.14. The van der Waals surface area contributed by atoms with E-state index in [2.05, 4.69) is 5.92 Å². The summed E-state index contributed by atoms with van der Waals surface area (Å²) in [6.07, 6.45) is 6.90. The fourth-order valence-corrected chi connectivity index (χ4v) is 1.08. The van der Waals surface area contributed by atoms with Crippen molar-refractivity contribution >= 4 is 5.97 Å². The highest BCUT2D eigenvalue weighted by atomic mass is 16.6. The average molecular weight is 138 g/mol. The summed E-state index contributed by atoms with van der Waals surface area (Å²) in [5, 5.41) is 0. The number of hydrogen-bond donors (Lipinski definition) is 0. The van der Waals surface area contributed by atoms with Crippen LogP contribution in [-0.2, 0) is 9.53 Å². The average Bonchev–Trinajstić information content (AvgIpc) is 2.12. The topological polar surface area (TPSA) is 26.3 Å². The molecule has 0 bridgehead atoms. The van der Waals surface area contributed by atoms with Gasteiger partial charge in [0.15, 0.2) is 0 Å². The number of carbonyl (C=O) groups excluding carboxylic acids is 1. The highest BCUT2D eigenvalue weighted by molar-refractivity contribution is 5.72. The zero-order valence-electron chi connectivity index (χ0n) is 6.02. The number of esters is 1. The summed E-state index contributed by atoms with van der Waals surface area (Å²) < 4.78 is 5.01. The van der Waals surface area contributed by atoms with Crippen LogP contribution in [0.4, 0.5) is 0 Å². The lowest BCUT2D eigenvalue weighted by atomic mass is 9.99. The molecule has 0 aromatic rings. The van der Waals surface area contributed by atoms with Gasteiger partial charge in [0.05, 0.1) is 0 Å². The molecular formula is C8H10O2. The standard InChI is InChI=1S/C8H10O2/c1-3-5-8(2)6-4-7(9)10-8/h1H,4-6H2,2H3/t8-/m1/s1. The van der Waals surface area contributed by atoms with Crippen molar-refractivity contribution in [2.45, 2.75) is 31.8 Å². The summed E-state index contributed by atoms with van der Waals surface area (Å²) in [6.45, 7) is 1.87. The predicted molar refractivity (Wildman–Crippen MR) is 37.2 cm³/mol. The van der Waals surface area contributed by atoms with E-state index in [0.29, 0.717) is 12.8 Å². The molecule has 1 aliphatic rings. The second-order valence-electron chi connectivity index (χ2n) is 2.80. The largest absolute Gasteiger partial charge is 0.458 e. The van der Waals surface area contributed by atoms with Gasteiger partial charge < -0.3 is 4.74 Å². The fourth-order valence-electron chi connectivity index (χ4n) is 1.08. The molecule has 0 radical (unpaired) electrons. The van der Waals surface area contributed by atoms with Crippen LogP contribution < -0.4 is 0 Å². The van der Waals surface area contributed by atoms with Crippen LogP contribution in [0.3, 0.4) is 0 Å². The van der Waals surface area contributed by atoms with E-state index in [0.717, 1.165) is 6.42 Å². The van der Waals surface area contributed by atoms with Crippen LogP contribution in [-0.4, -0.2) is 11.6 Å². The Morgan fingerprint density at radius 2 is 2.60 bits per heavy atom.